The molecule has 142 valence electrons. The molecule has 4 nitrogen and oxygen atoms in total. The van der Waals surface area contributed by atoms with Crippen molar-refractivity contribution in [3.63, 3.8) is 0 Å². The van der Waals surface area contributed by atoms with Crippen LogP contribution in [0.3, 0.4) is 0 Å². The molecule has 4 rings (SSSR count). The average molecular weight is 449 g/mol. The Balaban J connectivity index is 1.87. The fourth-order valence-corrected chi connectivity index (χ4v) is 4.86. The van der Waals surface area contributed by atoms with E-state index >= 15 is 0 Å². The second-order valence-corrected chi connectivity index (χ2v) is 8.70. The van der Waals surface area contributed by atoms with E-state index in [1.165, 1.54) is 5.56 Å². The van der Waals surface area contributed by atoms with Gasteiger partial charge in [-0.2, -0.15) is 0 Å². The molecule has 27 heavy (non-hydrogen) atoms. The minimum absolute atomic E-state index is 0.151. The van der Waals surface area contributed by atoms with Crippen molar-refractivity contribution in [1.82, 2.24) is 14.3 Å². The van der Waals surface area contributed by atoms with Crippen molar-refractivity contribution in [2.24, 2.45) is 0 Å². The number of morpholine rings is 1. The van der Waals surface area contributed by atoms with Crippen molar-refractivity contribution in [2.75, 3.05) is 26.7 Å². The van der Waals surface area contributed by atoms with Gasteiger partial charge in [0.05, 0.1) is 29.1 Å². The second kappa shape index (κ2) is 7.55. The summed E-state index contributed by atoms with van der Waals surface area (Å²) >= 11 is 10.2. The smallest absolute Gasteiger partial charge is 0.137 e. The maximum Gasteiger partial charge on any atom is 0.137 e. The number of ether oxygens (including phenoxy) is 1. The molecule has 0 saturated carbocycles. The van der Waals surface area contributed by atoms with E-state index in [9.17, 15) is 0 Å². The number of benzene rings is 1. The molecule has 3 heterocycles. The molecule has 0 bridgehead atoms. The van der Waals surface area contributed by atoms with Gasteiger partial charge < -0.3 is 14.0 Å². The summed E-state index contributed by atoms with van der Waals surface area (Å²) in [5, 5.41) is 0.713. The van der Waals surface area contributed by atoms with Crippen molar-refractivity contribution in [2.45, 2.75) is 26.4 Å². The summed E-state index contributed by atoms with van der Waals surface area (Å²) in [4.78, 5) is 7.29. The zero-order chi connectivity index (χ0) is 19.1. The minimum atomic E-state index is 0.151. The molecule has 1 saturated heterocycles. The number of hydrogen-bond donors (Lipinski definition) is 0. The fourth-order valence-electron chi connectivity index (χ4n) is 3.80. The molecule has 1 aromatic carbocycles. The van der Waals surface area contributed by atoms with Crippen molar-refractivity contribution in [3.05, 3.63) is 56.8 Å². The Bertz CT molecular complexity index is 977. The summed E-state index contributed by atoms with van der Waals surface area (Å²) in [5.74, 6) is 0. The highest BCUT2D eigenvalue weighted by molar-refractivity contribution is 9.10. The van der Waals surface area contributed by atoms with Crippen LogP contribution in [-0.4, -0.2) is 47.1 Å². The van der Waals surface area contributed by atoms with E-state index in [-0.39, 0.29) is 6.10 Å². The van der Waals surface area contributed by atoms with Crippen molar-refractivity contribution in [1.29, 1.82) is 0 Å². The van der Waals surface area contributed by atoms with Crippen molar-refractivity contribution in [3.8, 4) is 11.3 Å². The van der Waals surface area contributed by atoms with Gasteiger partial charge in [0, 0.05) is 35.7 Å². The standard InChI is InChI=1S/C21H23BrClN3O/c1-13-4-5-26-18(11-16-12-25(3)6-7-27-16)21(24-19(26)8-13)20-14(2)9-15(22)10-17(20)23/h4-5,8-10,16H,6-7,11-12H2,1-3H3. The Morgan fingerprint density at radius 3 is 2.85 bits per heavy atom. The van der Waals surface area contributed by atoms with Crippen LogP contribution in [0.4, 0.5) is 0 Å². The van der Waals surface area contributed by atoms with E-state index in [1.807, 2.05) is 6.07 Å². The van der Waals surface area contributed by atoms with Gasteiger partial charge in [-0.05, 0) is 56.3 Å². The number of pyridine rings is 1. The summed E-state index contributed by atoms with van der Waals surface area (Å²) in [6.45, 7) is 6.84. The zero-order valence-electron chi connectivity index (χ0n) is 15.8. The third kappa shape index (κ3) is 3.79. The lowest BCUT2D eigenvalue weighted by atomic mass is 10.0. The lowest BCUT2D eigenvalue weighted by Gasteiger charge is -2.30. The van der Waals surface area contributed by atoms with Gasteiger partial charge in [-0.15, -0.1) is 0 Å². The first kappa shape index (κ1) is 18.9. The van der Waals surface area contributed by atoms with E-state index in [4.69, 9.17) is 21.3 Å². The number of nitrogens with zero attached hydrogens (tertiary/aromatic N) is 3. The minimum Gasteiger partial charge on any atom is -0.375 e. The Morgan fingerprint density at radius 2 is 2.11 bits per heavy atom. The maximum atomic E-state index is 6.65. The summed E-state index contributed by atoms with van der Waals surface area (Å²) in [6, 6.07) is 8.26. The molecule has 0 aliphatic carbocycles. The summed E-state index contributed by atoms with van der Waals surface area (Å²) < 4.78 is 9.20. The van der Waals surface area contributed by atoms with E-state index in [0.717, 1.165) is 58.8 Å². The largest absolute Gasteiger partial charge is 0.375 e. The number of imidazole rings is 1. The second-order valence-electron chi connectivity index (χ2n) is 7.38. The highest BCUT2D eigenvalue weighted by Gasteiger charge is 2.24. The van der Waals surface area contributed by atoms with Crippen LogP contribution in [0.1, 0.15) is 16.8 Å². The van der Waals surface area contributed by atoms with Crippen LogP contribution in [0.25, 0.3) is 16.9 Å². The first-order chi connectivity index (χ1) is 12.9. The highest BCUT2D eigenvalue weighted by atomic mass is 79.9. The van der Waals surface area contributed by atoms with Gasteiger partial charge in [-0.3, -0.25) is 0 Å². The summed E-state index contributed by atoms with van der Waals surface area (Å²) in [6.07, 6.45) is 3.05. The molecule has 2 aromatic heterocycles. The van der Waals surface area contributed by atoms with Gasteiger partial charge >= 0.3 is 0 Å². The summed E-state index contributed by atoms with van der Waals surface area (Å²) in [7, 11) is 2.14. The van der Waals surface area contributed by atoms with Gasteiger partial charge in [-0.1, -0.05) is 27.5 Å². The molecule has 0 amide bonds. The SMILES string of the molecule is Cc1ccn2c(CC3CN(C)CCO3)c(-c3c(C)cc(Br)cc3Cl)nc2c1. The van der Waals surface area contributed by atoms with Crippen LogP contribution in [0.5, 0.6) is 0 Å². The number of aromatic nitrogens is 2. The molecule has 1 unspecified atom stereocenters. The molecule has 1 aliphatic heterocycles. The first-order valence-electron chi connectivity index (χ1n) is 9.16. The normalized spacial score (nSPS) is 18.3. The molecular formula is C21H23BrClN3O. The van der Waals surface area contributed by atoms with Gasteiger partial charge in [0.15, 0.2) is 0 Å². The van der Waals surface area contributed by atoms with Crippen LogP contribution in [0, 0.1) is 13.8 Å². The number of rotatable bonds is 3. The third-order valence-electron chi connectivity index (χ3n) is 5.13. The average Bonchev–Trinajstić information content (AvgIpc) is 2.91. The predicted octanol–water partition coefficient (Wildman–Crippen LogP) is 4.91. The number of likely N-dealkylation sites (N-methyl/N-ethyl adjacent to an activating group) is 1. The Morgan fingerprint density at radius 1 is 1.30 bits per heavy atom. The van der Waals surface area contributed by atoms with Gasteiger partial charge in [0.25, 0.3) is 0 Å². The first-order valence-corrected chi connectivity index (χ1v) is 10.3. The Labute approximate surface area is 173 Å². The topological polar surface area (TPSA) is 29.8 Å². The lowest BCUT2D eigenvalue weighted by Crippen LogP contribution is -2.41. The molecule has 3 aromatic rings. The lowest BCUT2D eigenvalue weighted by molar-refractivity contribution is -0.0190. The van der Waals surface area contributed by atoms with E-state index in [1.54, 1.807) is 0 Å². The van der Waals surface area contributed by atoms with Crippen molar-refractivity contribution < 1.29 is 4.74 Å². The molecular weight excluding hydrogens is 426 g/mol. The third-order valence-corrected chi connectivity index (χ3v) is 5.89. The van der Waals surface area contributed by atoms with E-state index in [2.05, 4.69) is 70.5 Å². The maximum absolute atomic E-state index is 6.65. The molecule has 1 aliphatic rings. The summed E-state index contributed by atoms with van der Waals surface area (Å²) in [5.41, 5.74) is 6.35. The molecule has 1 fully saturated rings. The van der Waals surface area contributed by atoms with Gasteiger partial charge in [0.1, 0.15) is 5.65 Å². The van der Waals surface area contributed by atoms with E-state index in [0.29, 0.717) is 5.02 Å². The fraction of sp³-hybridized carbons (Fsp3) is 0.381. The monoisotopic (exact) mass is 447 g/mol. The number of hydrogen-bond acceptors (Lipinski definition) is 3. The predicted molar refractivity (Wildman–Crippen MR) is 114 cm³/mol. The van der Waals surface area contributed by atoms with Crippen LogP contribution in [0.15, 0.2) is 34.9 Å². The number of aryl methyl sites for hydroxylation is 2. The van der Waals surface area contributed by atoms with Crippen LogP contribution < -0.4 is 0 Å². The zero-order valence-corrected chi connectivity index (χ0v) is 18.1. The quantitative estimate of drug-likeness (QED) is 0.570. The molecule has 0 radical (unpaired) electrons. The molecule has 0 N–H and O–H groups in total. The van der Waals surface area contributed by atoms with E-state index < -0.39 is 0 Å². The molecule has 1 atom stereocenters. The number of fused-ring (bicyclic) bond motifs is 1. The van der Waals surface area contributed by atoms with Crippen molar-refractivity contribution >= 4 is 33.2 Å². The Hall–Kier alpha value is -1.40. The Kier molecular flexibility index (Phi) is 5.30. The van der Waals surface area contributed by atoms with Crippen LogP contribution >= 0.6 is 27.5 Å². The van der Waals surface area contributed by atoms with Crippen LogP contribution in [0.2, 0.25) is 5.02 Å². The highest BCUT2D eigenvalue weighted by Crippen LogP contribution is 2.36. The molecule has 0 spiro atoms. The van der Waals surface area contributed by atoms with Crippen LogP contribution in [-0.2, 0) is 11.2 Å². The van der Waals surface area contributed by atoms with Gasteiger partial charge in [-0.25, -0.2) is 4.98 Å². The number of halogens is 2. The van der Waals surface area contributed by atoms with Gasteiger partial charge in [0.2, 0.25) is 0 Å². The molecule has 6 heteroatoms.